The zero-order valence-electron chi connectivity index (χ0n) is 13.2. The first kappa shape index (κ1) is 16.4. The van der Waals surface area contributed by atoms with Gasteiger partial charge in [0, 0.05) is 17.3 Å². The largest absolute Gasteiger partial charge is 0.508 e. The van der Waals surface area contributed by atoms with Crippen molar-refractivity contribution in [1.82, 2.24) is 5.43 Å². The van der Waals surface area contributed by atoms with Gasteiger partial charge >= 0.3 is 0 Å². The highest BCUT2D eigenvalue weighted by atomic mass is 16.3. The lowest BCUT2D eigenvalue weighted by Gasteiger charge is -2.11. The van der Waals surface area contributed by atoms with Gasteiger partial charge < -0.3 is 15.5 Å². The Bertz CT molecular complexity index is 967. The van der Waals surface area contributed by atoms with E-state index in [1.807, 2.05) is 42.5 Å². The van der Waals surface area contributed by atoms with Gasteiger partial charge in [-0.1, -0.05) is 30.3 Å². The summed E-state index contributed by atoms with van der Waals surface area (Å²) in [5, 5.41) is 24.4. The summed E-state index contributed by atoms with van der Waals surface area (Å²) in [5.41, 5.74) is 3.29. The highest BCUT2D eigenvalue weighted by molar-refractivity contribution is 6.01. The van der Waals surface area contributed by atoms with Crippen LogP contribution in [0.2, 0.25) is 0 Å². The maximum absolute atomic E-state index is 12.1. The third-order valence-electron chi connectivity index (χ3n) is 3.72. The molecule has 3 aromatic carbocycles. The van der Waals surface area contributed by atoms with Gasteiger partial charge in [-0.15, -0.1) is 0 Å². The quantitative estimate of drug-likeness (QED) is 0.218. The predicted octanol–water partition coefficient (Wildman–Crippen LogP) is 2.69. The van der Waals surface area contributed by atoms with Crippen molar-refractivity contribution in [1.29, 1.82) is 0 Å². The molecule has 0 aliphatic rings. The molecule has 0 aliphatic heterocycles. The van der Waals surface area contributed by atoms with Crippen LogP contribution in [0.15, 0.2) is 66.4 Å². The molecule has 0 spiro atoms. The van der Waals surface area contributed by atoms with Crippen LogP contribution in [0, 0.1) is 0 Å². The summed E-state index contributed by atoms with van der Waals surface area (Å²) in [6.45, 7) is 0. The average molecular weight is 335 g/mol. The summed E-state index contributed by atoms with van der Waals surface area (Å²) in [4.78, 5) is 12.1. The van der Waals surface area contributed by atoms with Gasteiger partial charge in [0.1, 0.15) is 17.2 Å². The Balaban J connectivity index is 1.97. The SMILES string of the molecule is NNC(=O)C(=Cc1ccc(O)cc1O)Nc1ccc2ccccc2c1. The minimum absolute atomic E-state index is 0.0676. The van der Waals surface area contributed by atoms with Gasteiger partial charge in [0.15, 0.2) is 0 Å². The first-order valence-corrected chi connectivity index (χ1v) is 7.57. The Morgan fingerprint density at radius 1 is 0.960 bits per heavy atom. The van der Waals surface area contributed by atoms with Crippen LogP contribution in [0.4, 0.5) is 5.69 Å². The van der Waals surface area contributed by atoms with E-state index >= 15 is 0 Å². The van der Waals surface area contributed by atoms with Gasteiger partial charge in [-0.25, -0.2) is 5.84 Å². The van der Waals surface area contributed by atoms with Crippen molar-refractivity contribution < 1.29 is 15.0 Å². The van der Waals surface area contributed by atoms with Crippen molar-refractivity contribution in [3.8, 4) is 11.5 Å². The van der Waals surface area contributed by atoms with E-state index in [4.69, 9.17) is 5.84 Å². The molecule has 0 aliphatic carbocycles. The molecule has 3 rings (SSSR count). The minimum Gasteiger partial charge on any atom is -0.508 e. The van der Waals surface area contributed by atoms with Crippen molar-refractivity contribution >= 4 is 28.4 Å². The highest BCUT2D eigenvalue weighted by Crippen LogP contribution is 2.26. The topological polar surface area (TPSA) is 108 Å². The molecule has 6 heteroatoms. The Morgan fingerprint density at radius 2 is 1.72 bits per heavy atom. The number of phenols is 2. The second kappa shape index (κ2) is 6.94. The van der Waals surface area contributed by atoms with E-state index in [-0.39, 0.29) is 17.2 Å². The molecule has 3 aromatic rings. The summed E-state index contributed by atoms with van der Waals surface area (Å²) in [7, 11) is 0. The molecule has 0 saturated carbocycles. The van der Waals surface area contributed by atoms with E-state index in [2.05, 4.69) is 10.7 Å². The van der Waals surface area contributed by atoms with Crippen molar-refractivity contribution in [2.75, 3.05) is 5.32 Å². The number of amides is 1. The Hall–Kier alpha value is -3.51. The fourth-order valence-electron chi connectivity index (χ4n) is 2.47. The molecular weight excluding hydrogens is 318 g/mol. The number of benzene rings is 3. The van der Waals surface area contributed by atoms with Crippen molar-refractivity contribution in [3.63, 3.8) is 0 Å². The lowest BCUT2D eigenvalue weighted by molar-refractivity contribution is -0.117. The van der Waals surface area contributed by atoms with Gasteiger partial charge in [0.2, 0.25) is 0 Å². The van der Waals surface area contributed by atoms with Crippen LogP contribution in [0.3, 0.4) is 0 Å². The normalized spacial score (nSPS) is 11.3. The number of nitrogens with two attached hydrogens (primary N) is 1. The molecule has 0 fully saturated rings. The summed E-state index contributed by atoms with van der Waals surface area (Å²) in [5.74, 6) is 4.49. The Labute approximate surface area is 144 Å². The molecule has 0 heterocycles. The molecule has 0 unspecified atom stereocenters. The Morgan fingerprint density at radius 3 is 2.44 bits per heavy atom. The molecule has 0 bridgehead atoms. The lowest BCUT2D eigenvalue weighted by atomic mass is 10.1. The monoisotopic (exact) mass is 335 g/mol. The summed E-state index contributed by atoms with van der Waals surface area (Å²) < 4.78 is 0. The number of anilines is 1. The van der Waals surface area contributed by atoms with E-state index in [0.717, 1.165) is 10.8 Å². The molecule has 0 aromatic heterocycles. The number of hydrogen-bond acceptors (Lipinski definition) is 5. The number of hydrazine groups is 1. The standard InChI is InChI=1S/C19H17N3O3/c20-22-19(25)17(10-14-6-8-16(23)11-18(14)24)21-15-7-5-12-3-1-2-4-13(12)9-15/h1-11,21,23-24H,20H2,(H,22,25). The first-order chi connectivity index (χ1) is 12.1. The van der Waals surface area contributed by atoms with Crippen LogP contribution in [0.5, 0.6) is 11.5 Å². The minimum atomic E-state index is -0.541. The molecular formula is C19H17N3O3. The zero-order chi connectivity index (χ0) is 17.8. The van der Waals surface area contributed by atoms with Crippen LogP contribution in [-0.4, -0.2) is 16.1 Å². The van der Waals surface area contributed by atoms with Crippen molar-refractivity contribution in [3.05, 3.63) is 71.9 Å². The second-order valence-electron chi connectivity index (χ2n) is 5.46. The van der Waals surface area contributed by atoms with Gasteiger partial charge in [-0.2, -0.15) is 0 Å². The summed E-state index contributed by atoms with van der Waals surface area (Å²) >= 11 is 0. The van der Waals surface area contributed by atoms with Crippen LogP contribution in [-0.2, 0) is 4.79 Å². The third-order valence-corrected chi connectivity index (χ3v) is 3.72. The number of fused-ring (bicyclic) bond motifs is 1. The van der Waals surface area contributed by atoms with Crippen molar-refractivity contribution in [2.45, 2.75) is 0 Å². The number of hydrogen-bond donors (Lipinski definition) is 5. The number of carbonyl (C=O) groups is 1. The fourth-order valence-corrected chi connectivity index (χ4v) is 2.47. The zero-order valence-corrected chi connectivity index (χ0v) is 13.2. The number of nitrogens with one attached hydrogen (secondary N) is 2. The fraction of sp³-hybridized carbons (Fsp3) is 0. The predicted molar refractivity (Wildman–Crippen MR) is 97.6 cm³/mol. The molecule has 1 amide bonds. The highest BCUT2D eigenvalue weighted by Gasteiger charge is 2.11. The Kier molecular flexibility index (Phi) is 4.54. The molecule has 0 atom stereocenters. The smallest absolute Gasteiger partial charge is 0.281 e. The maximum atomic E-state index is 12.1. The van der Waals surface area contributed by atoms with Gasteiger partial charge in [0.25, 0.3) is 5.91 Å². The van der Waals surface area contributed by atoms with E-state index in [9.17, 15) is 15.0 Å². The van der Waals surface area contributed by atoms with E-state index in [0.29, 0.717) is 11.3 Å². The number of carbonyl (C=O) groups excluding carboxylic acids is 1. The van der Waals surface area contributed by atoms with Crippen LogP contribution < -0.4 is 16.6 Å². The third kappa shape index (κ3) is 3.70. The van der Waals surface area contributed by atoms with Crippen LogP contribution in [0.25, 0.3) is 16.8 Å². The van der Waals surface area contributed by atoms with Crippen molar-refractivity contribution in [2.24, 2.45) is 5.84 Å². The van der Waals surface area contributed by atoms with Crippen LogP contribution >= 0.6 is 0 Å². The number of aromatic hydroxyl groups is 2. The van der Waals surface area contributed by atoms with Gasteiger partial charge in [-0.3, -0.25) is 10.2 Å². The maximum Gasteiger partial charge on any atom is 0.281 e. The molecule has 6 N–H and O–H groups in total. The summed E-state index contributed by atoms with van der Waals surface area (Å²) in [6.07, 6.45) is 1.45. The molecule has 0 saturated heterocycles. The van der Waals surface area contributed by atoms with Gasteiger partial charge in [-0.05, 0) is 41.1 Å². The van der Waals surface area contributed by atoms with Gasteiger partial charge in [0.05, 0.1) is 0 Å². The molecule has 25 heavy (non-hydrogen) atoms. The summed E-state index contributed by atoms with van der Waals surface area (Å²) in [6, 6.07) is 17.7. The van der Waals surface area contributed by atoms with E-state index < -0.39 is 5.91 Å². The van der Waals surface area contributed by atoms with Crippen LogP contribution in [0.1, 0.15) is 5.56 Å². The first-order valence-electron chi connectivity index (χ1n) is 7.57. The molecule has 126 valence electrons. The molecule has 6 nitrogen and oxygen atoms in total. The lowest BCUT2D eigenvalue weighted by Crippen LogP contribution is -2.33. The van der Waals surface area contributed by atoms with E-state index in [1.54, 1.807) is 0 Å². The second-order valence-corrected chi connectivity index (χ2v) is 5.46. The average Bonchev–Trinajstić information content (AvgIpc) is 2.62. The number of phenolic OH excluding ortho intramolecular Hbond substituents is 2. The molecule has 0 radical (unpaired) electrons. The number of rotatable bonds is 4. The van der Waals surface area contributed by atoms with E-state index in [1.165, 1.54) is 24.3 Å².